The molecule has 0 unspecified atom stereocenters. The van der Waals surface area contributed by atoms with E-state index in [2.05, 4.69) is 20.6 Å². The van der Waals surface area contributed by atoms with Gasteiger partial charge in [-0.25, -0.2) is 4.98 Å². The maximum atomic E-state index is 12.3. The lowest BCUT2D eigenvalue weighted by atomic mass is 10.2. The second-order valence-electron chi connectivity index (χ2n) is 4.36. The highest BCUT2D eigenvalue weighted by Gasteiger charge is 2.19. The maximum absolute atomic E-state index is 12.3. The van der Waals surface area contributed by atoms with Crippen molar-refractivity contribution in [3.8, 4) is 0 Å². The minimum Gasteiger partial charge on any atom is -0.300 e. The minimum atomic E-state index is -0.779. The lowest BCUT2D eigenvalue weighted by Gasteiger charge is -2.12. The van der Waals surface area contributed by atoms with Crippen LogP contribution in [0.25, 0.3) is 10.9 Å². The maximum Gasteiger partial charge on any atom is 0.278 e. The van der Waals surface area contributed by atoms with Gasteiger partial charge in [-0.3, -0.25) is 9.59 Å². The topological polar surface area (TPSA) is 89.8 Å². The number of aromatic nitrogens is 4. The molecule has 0 saturated carbocycles. The number of anilines is 1. The predicted octanol–water partition coefficient (Wildman–Crippen LogP) is 1.45. The smallest absolute Gasteiger partial charge is 0.278 e. The van der Waals surface area contributed by atoms with Crippen molar-refractivity contribution in [1.29, 1.82) is 0 Å². The number of thiazole rings is 1. The molecule has 0 aliphatic heterocycles. The summed E-state index contributed by atoms with van der Waals surface area (Å²) in [5.74, 6) is -0.364. The van der Waals surface area contributed by atoms with Crippen LogP contribution in [0.15, 0.2) is 40.6 Å². The van der Waals surface area contributed by atoms with E-state index in [1.54, 1.807) is 42.8 Å². The van der Waals surface area contributed by atoms with Crippen LogP contribution >= 0.6 is 11.3 Å². The van der Waals surface area contributed by atoms with Crippen LogP contribution in [0.3, 0.4) is 0 Å². The summed E-state index contributed by atoms with van der Waals surface area (Å²) >= 11 is 1.30. The Morgan fingerprint density at radius 3 is 2.95 bits per heavy atom. The summed E-state index contributed by atoms with van der Waals surface area (Å²) < 4.78 is 1.07. The Bertz CT molecular complexity index is 843. The van der Waals surface area contributed by atoms with Gasteiger partial charge in [-0.2, -0.15) is 4.68 Å². The first-order valence-corrected chi connectivity index (χ1v) is 7.09. The molecule has 8 heteroatoms. The number of hydrogen-bond acceptors (Lipinski definition) is 6. The third-order valence-corrected chi connectivity index (χ3v) is 3.69. The van der Waals surface area contributed by atoms with E-state index in [4.69, 9.17) is 0 Å². The van der Waals surface area contributed by atoms with Crippen molar-refractivity contribution < 1.29 is 4.79 Å². The van der Waals surface area contributed by atoms with E-state index in [1.165, 1.54) is 11.3 Å². The molecule has 1 N–H and O–H groups in total. The van der Waals surface area contributed by atoms with Gasteiger partial charge in [-0.05, 0) is 19.1 Å². The van der Waals surface area contributed by atoms with Gasteiger partial charge < -0.3 is 5.32 Å². The Morgan fingerprint density at radius 2 is 2.19 bits per heavy atom. The van der Waals surface area contributed by atoms with Gasteiger partial charge >= 0.3 is 0 Å². The zero-order valence-corrected chi connectivity index (χ0v) is 11.9. The zero-order chi connectivity index (χ0) is 14.8. The van der Waals surface area contributed by atoms with Crippen molar-refractivity contribution in [3.63, 3.8) is 0 Å². The van der Waals surface area contributed by atoms with Gasteiger partial charge in [0.15, 0.2) is 5.13 Å². The highest BCUT2D eigenvalue weighted by molar-refractivity contribution is 7.13. The molecule has 1 atom stereocenters. The second-order valence-corrected chi connectivity index (χ2v) is 5.25. The Morgan fingerprint density at radius 1 is 1.38 bits per heavy atom. The monoisotopic (exact) mass is 301 g/mol. The SMILES string of the molecule is C[C@H](C(=O)Nc1nccs1)n1nnc2ccccc2c1=O. The van der Waals surface area contributed by atoms with Crippen LogP contribution in [0.1, 0.15) is 13.0 Å². The van der Waals surface area contributed by atoms with E-state index in [0.717, 1.165) is 4.68 Å². The molecular weight excluding hydrogens is 290 g/mol. The van der Waals surface area contributed by atoms with Gasteiger partial charge in [0.25, 0.3) is 11.5 Å². The molecule has 0 aliphatic rings. The Kier molecular flexibility index (Phi) is 3.44. The molecule has 2 aromatic heterocycles. The minimum absolute atomic E-state index is 0.345. The molecule has 0 aliphatic carbocycles. The summed E-state index contributed by atoms with van der Waals surface area (Å²) in [7, 11) is 0. The molecule has 106 valence electrons. The van der Waals surface area contributed by atoms with Crippen LogP contribution in [0, 0.1) is 0 Å². The summed E-state index contributed by atoms with van der Waals surface area (Å²) in [6.07, 6.45) is 1.59. The lowest BCUT2D eigenvalue weighted by molar-refractivity contribution is -0.119. The van der Waals surface area contributed by atoms with Crippen molar-refractivity contribution in [2.75, 3.05) is 5.32 Å². The normalized spacial score (nSPS) is 12.2. The number of amides is 1. The standard InChI is InChI=1S/C13H11N5O2S/c1-8(11(19)15-13-14-6-7-21-13)18-12(20)9-4-2-3-5-10(9)16-17-18/h2-8H,1H3,(H,14,15,19)/t8-/m1/s1. The molecule has 3 rings (SSSR count). The van der Waals surface area contributed by atoms with Crippen LogP contribution in [0.2, 0.25) is 0 Å². The summed E-state index contributed by atoms with van der Waals surface area (Å²) in [6.45, 7) is 1.59. The highest BCUT2D eigenvalue weighted by Crippen LogP contribution is 2.13. The molecule has 7 nitrogen and oxygen atoms in total. The number of rotatable bonds is 3. The van der Waals surface area contributed by atoms with Crippen LogP contribution < -0.4 is 10.9 Å². The van der Waals surface area contributed by atoms with Crippen molar-refractivity contribution in [2.24, 2.45) is 0 Å². The average molecular weight is 301 g/mol. The lowest BCUT2D eigenvalue weighted by Crippen LogP contribution is -2.34. The fraction of sp³-hybridized carbons (Fsp3) is 0.154. The summed E-state index contributed by atoms with van der Waals surface area (Å²) in [5.41, 5.74) is 0.161. The van der Waals surface area contributed by atoms with Gasteiger partial charge in [0, 0.05) is 11.6 Å². The Labute approximate surface area is 123 Å². The Balaban J connectivity index is 1.94. The third-order valence-electron chi connectivity index (χ3n) is 3.00. The predicted molar refractivity (Wildman–Crippen MR) is 79.3 cm³/mol. The van der Waals surface area contributed by atoms with Gasteiger partial charge in [0.05, 0.1) is 5.39 Å². The fourth-order valence-corrected chi connectivity index (χ4v) is 2.39. The molecule has 21 heavy (non-hydrogen) atoms. The first-order valence-electron chi connectivity index (χ1n) is 6.21. The molecule has 0 spiro atoms. The first-order chi connectivity index (χ1) is 10.2. The number of carbonyl (C=O) groups excluding carboxylic acids is 1. The fourth-order valence-electron chi connectivity index (χ4n) is 1.86. The summed E-state index contributed by atoms with van der Waals surface area (Å²) in [4.78, 5) is 28.4. The second kappa shape index (κ2) is 5.41. The van der Waals surface area contributed by atoms with Gasteiger partial charge in [0.2, 0.25) is 0 Å². The van der Waals surface area contributed by atoms with E-state index in [9.17, 15) is 9.59 Å². The van der Waals surface area contributed by atoms with E-state index in [-0.39, 0.29) is 11.5 Å². The first kappa shape index (κ1) is 13.4. The van der Waals surface area contributed by atoms with Crippen LogP contribution in [-0.4, -0.2) is 25.9 Å². The van der Waals surface area contributed by atoms with Crippen molar-refractivity contribution in [3.05, 3.63) is 46.2 Å². The van der Waals surface area contributed by atoms with Crippen LogP contribution in [0.5, 0.6) is 0 Å². The molecule has 0 bridgehead atoms. The molecule has 0 saturated heterocycles. The quantitative estimate of drug-likeness (QED) is 0.790. The number of nitrogens with one attached hydrogen (secondary N) is 1. The van der Waals surface area contributed by atoms with E-state index in [1.807, 2.05) is 0 Å². The number of hydrogen-bond donors (Lipinski definition) is 1. The number of benzene rings is 1. The summed E-state index contributed by atoms with van der Waals surface area (Å²) in [5, 5.41) is 13.1. The van der Waals surface area contributed by atoms with Gasteiger partial charge in [-0.1, -0.05) is 17.3 Å². The third kappa shape index (κ3) is 2.52. The van der Waals surface area contributed by atoms with Crippen molar-refractivity contribution in [2.45, 2.75) is 13.0 Å². The molecule has 0 radical (unpaired) electrons. The zero-order valence-electron chi connectivity index (χ0n) is 11.1. The molecular formula is C13H11N5O2S. The Hall–Kier alpha value is -2.61. The molecule has 2 heterocycles. The van der Waals surface area contributed by atoms with Crippen molar-refractivity contribution >= 4 is 33.3 Å². The average Bonchev–Trinajstić information content (AvgIpc) is 3.00. The molecule has 3 aromatic rings. The van der Waals surface area contributed by atoms with Gasteiger partial charge in [0.1, 0.15) is 11.6 Å². The molecule has 0 fully saturated rings. The number of carbonyl (C=O) groups is 1. The van der Waals surface area contributed by atoms with E-state index < -0.39 is 6.04 Å². The van der Waals surface area contributed by atoms with Crippen LogP contribution in [-0.2, 0) is 4.79 Å². The van der Waals surface area contributed by atoms with Gasteiger partial charge in [-0.15, -0.1) is 16.4 Å². The van der Waals surface area contributed by atoms with Crippen molar-refractivity contribution in [1.82, 2.24) is 20.0 Å². The largest absolute Gasteiger partial charge is 0.300 e. The van der Waals surface area contributed by atoms with E-state index in [0.29, 0.717) is 16.0 Å². The molecule has 1 amide bonds. The van der Waals surface area contributed by atoms with E-state index >= 15 is 0 Å². The molecule has 1 aromatic carbocycles. The summed E-state index contributed by atoms with van der Waals surface area (Å²) in [6, 6.07) is 6.11. The highest BCUT2D eigenvalue weighted by atomic mass is 32.1. The number of nitrogens with zero attached hydrogens (tertiary/aromatic N) is 4. The number of fused-ring (bicyclic) bond motifs is 1. The van der Waals surface area contributed by atoms with Crippen LogP contribution in [0.4, 0.5) is 5.13 Å².